The van der Waals surface area contributed by atoms with Crippen LogP contribution in [-0.4, -0.2) is 27.9 Å². The molecule has 0 saturated heterocycles. The lowest BCUT2D eigenvalue weighted by Gasteiger charge is -2.37. The number of anilines is 2. The fraction of sp³-hybridized carbons (Fsp3) is 0.286. The van der Waals surface area contributed by atoms with Gasteiger partial charge < -0.3 is 27.6 Å². The lowest BCUT2D eigenvalue weighted by atomic mass is 9.70. The Labute approximate surface area is 177 Å². The van der Waals surface area contributed by atoms with Gasteiger partial charge in [0.2, 0.25) is 0 Å². The summed E-state index contributed by atoms with van der Waals surface area (Å²) in [5.41, 5.74) is 20.1. The molecule has 2 unspecified atom stereocenters. The first-order valence-electron chi connectivity index (χ1n) is 9.48. The summed E-state index contributed by atoms with van der Waals surface area (Å²) in [6.45, 7) is 5.86. The molecule has 2 atom stereocenters. The number of nitrogens with zero attached hydrogens (tertiary/aromatic N) is 1. The third kappa shape index (κ3) is 2.70. The van der Waals surface area contributed by atoms with Gasteiger partial charge in [0.05, 0.1) is 10.7 Å². The lowest BCUT2D eigenvalue weighted by Crippen LogP contribution is -2.53. The standard InChI is InChI=1S/C21H23N5O3S/c1-8(2)26-13-6-9(3)11(7-25-13)21(24)10-4-5-12(22)17-14(10)15(16(23)19(21)27)18(30-17)20(28)29/h4-8,16H,22-24H2,1-3H3,(H,25,26)(H,28,29). The first kappa shape index (κ1) is 20.3. The smallest absolute Gasteiger partial charge is 0.346 e. The molecular weight excluding hydrogens is 402 g/mol. The monoisotopic (exact) mass is 425 g/mol. The van der Waals surface area contributed by atoms with E-state index < -0.39 is 23.3 Å². The van der Waals surface area contributed by atoms with Crippen LogP contribution in [0.25, 0.3) is 10.1 Å². The number of carboxylic acid groups (broad SMARTS) is 1. The minimum atomic E-state index is -1.57. The summed E-state index contributed by atoms with van der Waals surface area (Å²) in [6, 6.07) is 4.18. The predicted molar refractivity (Wildman–Crippen MR) is 118 cm³/mol. The summed E-state index contributed by atoms with van der Waals surface area (Å²) < 4.78 is 0.571. The number of ketones is 1. The van der Waals surface area contributed by atoms with Gasteiger partial charge in [0.15, 0.2) is 5.78 Å². The maximum atomic E-state index is 13.5. The number of hydrogen-bond donors (Lipinski definition) is 5. The molecule has 2 heterocycles. The SMILES string of the molecule is Cc1cc(NC(C)C)ncc1C1(N)C(=O)C(N)c2c(C(=O)O)sc3c(N)ccc1c23. The predicted octanol–water partition coefficient (Wildman–Crippen LogP) is 2.49. The highest BCUT2D eigenvalue weighted by Gasteiger charge is 2.49. The van der Waals surface area contributed by atoms with Gasteiger partial charge in [-0.1, -0.05) is 6.07 Å². The van der Waals surface area contributed by atoms with Crippen molar-refractivity contribution in [3.63, 3.8) is 0 Å². The highest BCUT2D eigenvalue weighted by atomic mass is 32.1. The minimum Gasteiger partial charge on any atom is -0.477 e. The van der Waals surface area contributed by atoms with Crippen LogP contribution in [0, 0.1) is 6.92 Å². The highest BCUT2D eigenvalue weighted by molar-refractivity contribution is 7.21. The van der Waals surface area contributed by atoms with Crippen molar-refractivity contribution in [2.75, 3.05) is 11.1 Å². The first-order valence-corrected chi connectivity index (χ1v) is 10.3. The number of rotatable bonds is 4. The number of aromatic carboxylic acids is 1. The second-order valence-electron chi connectivity index (χ2n) is 7.89. The van der Waals surface area contributed by atoms with Gasteiger partial charge >= 0.3 is 5.97 Å². The number of nitrogen functional groups attached to an aromatic ring is 1. The third-order valence-corrected chi connectivity index (χ3v) is 6.72. The fourth-order valence-corrected chi connectivity index (χ4v) is 5.30. The van der Waals surface area contributed by atoms with E-state index in [4.69, 9.17) is 17.2 Å². The largest absolute Gasteiger partial charge is 0.477 e. The topological polar surface area (TPSA) is 157 Å². The number of thiophene rings is 1. The minimum absolute atomic E-state index is 0.0124. The van der Waals surface area contributed by atoms with Gasteiger partial charge in [0.1, 0.15) is 16.2 Å². The zero-order valence-electron chi connectivity index (χ0n) is 16.8. The van der Waals surface area contributed by atoms with Crippen LogP contribution in [0.1, 0.15) is 51.8 Å². The molecule has 2 aromatic heterocycles. The van der Waals surface area contributed by atoms with E-state index in [1.807, 2.05) is 26.8 Å². The molecule has 4 rings (SSSR count). The zero-order chi connectivity index (χ0) is 22.0. The number of aromatic nitrogens is 1. The maximum Gasteiger partial charge on any atom is 0.346 e. The molecular formula is C21H23N5O3S. The Bertz CT molecular complexity index is 1220. The molecule has 8 N–H and O–H groups in total. The molecule has 0 aliphatic heterocycles. The summed E-state index contributed by atoms with van der Waals surface area (Å²) in [5, 5.41) is 13.4. The molecule has 0 radical (unpaired) electrons. The number of carbonyl (C=O) groups excluding carboxylic acids is 1. The van der Waals surface area contributed by atoms with Gasteiger partial charge in [-0.2, -0.15) is 0 Å². The van der Waals surface area contributed by atoms with E-state index >= 15 is 0 Å². The van der Waals surface area contributed by atoms with E-state index in [1.54, 1.807) is 18.3 Å². The van der Waals surface area contributed by atoms with Crippen molar-refractivity contribution in [1.29, 1.82) is 0 Å². The van der Waals surface area contributed by atoms with Gasteiger partial charge in [-0.05, 0) is 44.0 Å². The molecule has 0 amide bonds. The van der Waals surface area contributed by atoms with Gasteiger partial charge in [-0.15, -0.1) is 11.3 Å². The summed E-state index contributed by atoms with van der Waals surface area (Å²) in [6.07, 6.45) is 1.59. The van der Waals surface area contributed by atoms with Crippen LogP contribution < -0.4 is 22.5 Å². The second kappa shape index (κ2) is 6.76. The van der Waals surface area contributed by atoms with Gasteiger partial charge in [-0.25, -0.2) is 9.78 Å². The molecule has 0 saturated carbocycles. The molecule has 8 nitrogen and oxygen atoms in total. The number of nitrogens with two attached hydrogens (primary N) is 3. The number of carbonyl (C=O) groups is 2. The van der Waals surface area contributed by atoms with Crippen molar-refractivity contribution in [3.05, 3.63) is 51.5 Å². The van der Waals surface area contributed by atoms with Gasteiger partial charge in [0.25, 0.3) is 0 Å². The Kier molecular flexibility index (Phi) is 4.57. The Morgan fingerprint density at radius 2 is 2.03 bits per heavy atom. The van der Waals surface area contributed by atoms with E-state index in [-0.39, 0.29) is 16.5 Å². The van der Waals surface area contributed by atoms with Crippen molar-refractivity contribution >= 4 is 44.7 Å². The Morgan fingerprint density at radius 3 is 2.63 bits per heavy atom. The Morgan fingerprint density at radius 1 is 1.33 bits per heavy atom. The van der Waals surface area contributed by atoms with Crippen molar-refractivity contribution in [3.8, 4) is 0 Å². The van der Waals surface area contributed by atoms with Crippen molar-refractivity contribution in [2.45, 2.75) is 38.4 Å². The van der Waals surface area contributed by atoms with Gasteiger partial charge in [-0.3, -0.25) is 4.79 Å². The fourth-order valence-electron chi connectivity index (χ4n) is 4.16. The number of pyridine rings is 1. The molecule has 3 aromatic rings. The van der Waals surface area contributed by atoms with Crippen LogP contribution in [0.2, 0.25) is 0 Å². The second-order valence-corrected chi connectivity index (χ2v) is 8.91. The normalized spacial score (nSPS) is 20.7. The van der Waals surface area contributed by atoms with Crippen molar-refractivity contribution in [1.82, 2.24) is 4.98 Å². The van der Waals surface area contributed by atoms with Crippen LogP contribution in [0.3, 0.4) is 0 Å². The summed E-state index contributed by atoms with van der Waals surface area (Å²) in [4.78, 5) is 29.8. The summed E-state index contributed by atoms with van der Waals surface area (Å²) in [7, 11) is 0. The molecule has 156 valence electrons. The van der Waals surface area contributed by atoms with E-state index in [2.05, 4.69) is 10.3 Å². The van der Waals surface area contributed by atoms with Crippen LogP contribution in [0.4, 0.5) is 11.5 Å². The molecule has 1 aliphatic rings. The molecule has 0 fully saturated rings. The van der Waals surface area contributed by atoms with Crippen molar-refractivity contribution in [2.24, 2.45) is 11.5 Å². The molecule has 30 heavy (non-hydrogen) atoms. The maximum absolute atomic E-state index is 13.5. The molecule has 1 aromatic carbocycles. The number of carboxylic acids is 1. The van der Waals surface area contributed by atoms with Crippen LogP contribution in [-0.2, 0) is 10.3 Å². The van der Waals surface area contributed by atoms with E-state index in [9.17, 15) is 14.7 Å². The average Bonchev–Trinajstić information content (AvgIpc) is 3.07. The van der Waals surface area contributed by atoms with E-state index in [1.165, 1.54) is 0 Å². The molecule has 0 spiro atoms. The van der Waals surface area contributed by atoms with Crippen LogP contribution in [0.15, 0.2) is 24.4 Å². The quantitative estimate of drug-likeness (QED) is 0.399. The average molecular weight is 426 g/mol. The van der Waals surface area contributed by atoms with E-state index in [0.29, 0.717) is 32.7 Å². The highest BCUT2D eigenvalue weighted by Crippen LogP contribution is 2.49. The molecule has 9 heteroatoms. The van der Waals surface area contributed by atoms with Crippen LogP contribution in [0.5, 0.6) is 0 Å². The Balaban J connectivity index is 2.02. The third-order valence-electron chi connectivity index (χ3n) is 5.48. The zero-order valence-corrected chi connectivity index (χ0v) is 17.6. The van der Waals surface area contributed by atoms with Crippen molar-refractivity contribution < 1.29 is 14.7 Å². The first-order chi connectivity index (χ1) is 14.1. The number of Topliss-reactive ketones (excluding diaryl/α,β-unsaturated/α-hetero) is 1. The van der Waals surface area contributed by atoms with E-state index in [0.717, 1.165) is 16.9 Å². The molecule has 0 bridgehead atoms. The number of nitrogens with one attached hydrogen (secondary N) is 1. The van der Waals surface area contributed by atoms with Gasteiger partial charge in [0, 0.05) is 34.4 Å². The Hall–Kier alpha value is -3.01. The summed E-state index contributed by atoms with van der Waals surface area (Å²) >= 11 is 1.01. The number of aryl methyl sites for hydroxylation is 1. The summed E-state index contributed by atoms with van der Waals surface area (Å²) in [5.74, 6) is -0.947. The number of hydrogen-bond acceptors (Lipinski definition) is 8. The molecule has 1 aliphatic carbocycles. The van der Waals surface area contributed by atoms with Crippen LogP contribution >= 0.6 is 11.3 Å². The lowest BCUT2D eigenvalue weighted by molar-refractivity contribution is -0.124. The number of benzene rings is 1.